The number of ether oxygens (including phenoxy) is 1. The van der Waals surface area contributed by atoms with Crippen LogP contribution in [0.15, 0.2) is 71.4 Å². The normalized spacial score (nSPS) is 10.2. The van der Waals surface area contributed by atoms with Gasteiger partial charge in [-0.2, -0.15) is 11.3 Å². The molecular weight excluding hydrogens is 334 g/mol. The van der Waals surface area contributed by atoms with Gasteiger partial charge in [0, 0.05) is 11.3 Å². The maximum absolute atomic E-state index is 12.1. The molecule has 0 bridgehead atoms. The first-order valence-corrected chi connectivity index (χ1v) is 8.77. The second kappa shape index (κ2) is 8.26. The van der Waals surface area contributed by atoms with Crippen LogP contribution in [0.1, 0.15) is 5.56 Å². The average molecular weight is 351 g/mol. The first-order valence-electron chi connectivity index (χ1n) is 7.83. The molecule has 25 heavy (non-hydrogen) atoms. The number of thiophene rings is 1. The largest absolute Gasteiger partial charge is 0.455 e. The predicted molar refractivity (Wildman–Crippen MR) is 99.5 cm³/mol. The monoisotopic (exact) mass is 351 g/mol. The van der Waals surface area contributed by atoms with Crippen LogP contribution in [0.25, 0.3) is 11.1 Å². The number of benzene rings is 2. The van der Waals surface area contributed by atoms with Crippen molar-refractivity contribution in [1.29, 1.82) is 0 Å². The van der Waals surface area contributed by atoms with Crippen LogP contribution in [0.5, 0.6) is 0 Å². The quantitative estimate of drug-likeness (QED) is 0.679. The van der Waals surface area contributed by atoms with E-state index in [1.54, 1.807) is 0 Å². The van der Waals surface area contributed by atoms with Crippen LogP contribution in [0.2, 0.25) is 0 Å². The zero-order valence-corrected chi connectivity index (χ0v) is 14.3. The van der Waals surface area contributed by atoms with Gasteiger partial charge in [-0.1, -0.05) is 48.5 Å². The number of amides is 1. The summed E-state index contributed by atoms with van der Waals surface area (Å²) in [4.78, 5) is 23.9. The van der Waals surface area contributed by atoms with Crippen molar-refractivity contribution < 1.29 is 14.3 Å². The van der Waals surface area contributed by atoms with Gasteiger partial charge in [0.25, 0.3) is 5.91 Å². The summed E-state index contributed by atoms with van der Waals surface area (Å²) >= 11 is 1.52. The van der Waals surface area contributed by atoms with Gasteiger partial charge in [0.1, 0.15) is 0 Å². The summed E-state index contributed by atoms with van der Waals surface area (Å²) in [6.07, 6.45) is 0.178. The number of rotatable bonds is 6. The van der Waals surface area contributed by atoms with Gasteiger partial charge in [0.05, 0.1) is 6.42 Å². The fourth-order valence-electron chi connectivity index (χ4n) is 2.40. The average Bonchev–Trinajstić information content (AvgIpc) is 3.14. The van der Waals surface area contributed by atoms with Gasteiger partial charge in [0.2, 0.25) is 0 Å². The number of hydrogen-bond donors (Lipinski definition) is 1. The molecule has 1 heterocycles. The zero-order valence-electron chi connectivity index (χ0n) is 13.5. The molecule has 0 saturated heterocycles. The molecule has 0 aliphatic heterocycles. The highest BCUT2D eigenvalue weighted by Gasteiger charge is 2.11. The Morgan fingerprint density at radius 2 is 1.72 bits per heavy atom. The van der Waals surface area contributed by atoms with Crippen molar-refractivity contribution in [2.24, 2.45) is 0 Å². The molecule has 0 saturated carbocycles. The molecule has 3 rings (SSSR count). The molecular formula is C20H17NO3S. The maximum atomic E-state index is 12.1. The summed E-state index contributed by atoms with van der Waals surface area (Å²) in [5.41, 5.74) is 3.51. The Bertz CT molecular complexity index is 844. The lowest BCUT2D eigenvalue weighted by molar-refractivity contribution is -0.146. The third-order valence-electron chi connectivity index (χ3n) is 3.58. The number of anilines is 1. The Kier molecular flexibility index (Phi) is 5.59. The Morgan fingerprint density at radius 3 is 2.48 bits per heavy atom. The Balaban J connectivity index is 1.59. The third kappa shape index (κ3) is 4.78. The van der Waals surface area contributed by atoms with Crippen molar-refractivity contribution in [3.63, 3.8) is 0 Å². The van der Waals surface area contributed by atoms with Crippen molar-refractivity contribution in [1.82, 2.24) is 0 Å². The summed E-state index contributed by atoms with van der Waals surface area (Å²) in [5, 5.41) is 6.59. The number of carbonyl (C=O) groups excluding carboxylic acids is 2. The summed E-state index contributed by atoms with van der Waals surface area (Å²) < 4.78 is 5.05. The van der Waals surface area contributed by atoms with Gasteiger partial charge in [-0.3, -0.25) is 9.59 Å². The van der Waals surface area contributed by atoms with Gasteiger partial charge < -0.3 is 10.1 Å². The molecule has 1 N–H and O–H groups in total. The fourth-order valence-corrected chi connectivity index (χ4v) is 3.07. The number of carbonyl (C=O) groups is 2. The highest BCUT2D eigenvalue weighted by atomic mass is 32.1. The highest BCUT2D eigenvalue weighted by molar-refractivity contribution is 7.08. The van der Waals surface area contributed by atoms with Crippen LogP contribution in [-0.2, 0) is 20.7 Å². The smallest absolute Gasteiger partial charge is 0.310 e. The minimum absolute atomic E-state index is 0.178. The first-order chi connectivity index (χ1) is 12.2. The number of hydrogen-bond acceptors (Lipinski definition) is 4. The lowest BCUT2D eigenvalue weighted by atomic mass is 10.0. The van der Waals surface area contributed by atoms with E-state index in [2.05, 4.69) is 5.32 Å². The van der Waals surface area contributed by atoms with E-state index in [0.29, 0.717) is 5.69 Å². The zero-order chi connectivity index (χ0) is 17.5. The number of para-hydroxylation sites is 1. The lowest BCUT2D eigenvalue weighted by Gasteiger charge is -2.11. The van der Waals surface area contributed by atoms with Crippen LogP contribution in [0, 0.1) is 0 Å². The predicted octanol–water partition coefficient (Wildman–Crippen LogP) is 4.14. The molecule has 1 aromatic heterocycles. The van der Waals surface area contributed by atoms with E-state index < -0.39 is 5.97 Å². The molecule has 0 spiro atoms. The van der Waals surface area contributed by atoms with Crippen LogP contribution < -0.4 is 5.32 Å². The Hall–Kier alpha value is -2.92. The highest BCUT2D eigenvalue weighted by Crippen LogP contribution is 2.27. The van der Waals surface area contributed by atoms with E-state index in [1.165, 1.54) is 11.3 Å². The molecule has 0 atom stereocenters. The van der Waals surface area contributed by atoms with Crippen molar-refractivity contribution in [3.8, 4) is 11.1 Å². The standard InChI is InChI=1S/C20H17NO3S/c22-19(13-24-20(23)12-15-10-11-25-14-15)21-18-9-5-4-8-17(18)16-6-2-1-3-7-16/h1-11,14H,12-13H2,(H,21,22). The topological polar surface area (TPSA) is 55.4 Å². The fraction of sp³-hybridized carbons (Fsp3) is 0.100. The van der Waals surface area contributed by atoms with Crippen molar-refractivity contribution >= 4 is 28.9 Å². The number of esters is 1. The Morgan fingerprint density at radius 1 is 0.960 bits per heavy atom. The second-order valence-electron chi connectivity index (χ2n) is 5.43. The molecule has 0 fully saturated rings. The molecule has 5 heteroatoms. The molecule has 2 aromatic carbocycles. The molecule has 0 unspecified atom stereocenters. The molecule has 0 aliphatic carbocycles. The van der Waals surface area contributed by atoms with Crippen LogP contribution in [0.3, 0.4) is 0 Å². The lowest BCUT2D eigenvalue weighted by Crippen LogP contribution is -2.21. The van der Waals surface area contributed by atoms with Crippen molar-refractivity contribution in [2.75, 3.05) is 11.9 Å². The van der Waals surface area contributed by atoms with Crippen molar-refractivity contribution in [2.45, 2.75) is 6.42 Å². The van der Waals surface area contributed by atoms with Crippen molar-refractivity contribution in [3.05, 3.63) is 77.0 Å². The summed E-state index contributed by atoms with van der Waals surface area (Å²) in [5.74, 6) is -0.771. The van der Waals surface area contributed by atoms with E-state index in [4.69, 9.17) is 4.74 Å². The molecule has 0 aliphatic rings. The minimum Gasteiger partial charge on any atom is -0.455 e. The van der Waals surface area contributed by atoms with Gasteiger partial charge in [0.15, 0.2) is 6.61 Å². The molecule has 4 nitrogen and oxygen atoms in total. The van der Waals surface area contributed by atoms with E-state index in [9.17, 15) is 9.59 Å². The molecule has 1 amide bonds. The summed E-state index contributed by atoms with van der Waals surface area (Å²) in [7, 11) is 0. The van der Waals surface area contributed by atoms with E-state index in [1.807, 2.05) is 71.4 Å². The van der Waals surface area contributed by atoms with Crippen LogP contribution in [0.4, 0.5) is 5.69 Å². The maximum Gasteiger partial charge on any atom is 0.310 e. The third-order valence-corrected chi connectivity index (χ3v) is 4.31. The Labute approximate surface area is 150 Å². The van der Waals surface area contributed by atoms with Crippen LogP contribution in [-0.4, -0.2) is 18.5 Å². The molecule has 0 radical (unpaired) electrons. The van der Waals surface area contributed by atoms with E-state index in [0.717, 1.165) is 16.7 Å². The van der Waals surface area contributed by atoms with Gasteiger partial charge in [-0.15, -0.1) is 0 Å². The van der Waals surface area contributed by atoms with E-state index in [-0.39, 0.29) is 18.9 Å². The molecule has 3 aromatic rings. The van der Waals surface area contributed by atoms with Crippen LogP contribution >= 0.6 is 11.3 Å². The first kappa shape index (κ1) is 16.9. The summed E-state index contributed by atoms with van der Waals surface area (Å²) in [6, 6.07) is 19.2. The second-order valence-corrected chi connectivity index (χ2v) is 6.21. The number of nitrogens with one attached hydrogen (secondary N) is 1. The van der Waals surface area contributed by atoms with Gasteiger partial charge in [-0.25, -0.2) is 0 Å². The minimum atomic E-state index is -0.412. The van der Waals surface area contributed by atoms with E-state index >= 15 is 0 Å². The summed E-state index contributed by atoms with van der Waals surface area (Å²) in [6.45, 7) is -0.300. The van der Waals surface area contributed by atoms with Gasteiger partial charge in [-0.05, 0) is 34.0 Å². The van der Waals surface area contributed by atoms with Gasteiger partial charge >= 0.3 is 5.97 Å². The molecule has 126 valence electrons. The SMILES string of the molecule is O=C(COC(=O)Cc1ccsc1)Nc1ccccc1-c1ccccc1.